The number of para-hydroxylation sites is 1. The van der Waals surface area contributed by atoms with E-state index < -0.39 is 5.82 Å². The van der Waals surface area contributed by atoms with Crippen molar-refractivity contribution in [1.29, 1.82) is 0 Å². The van der Waals surface area contributed by atoms with Crippen molar-refractivity contribution < 1.29 is 14.0 Å². The van der Waals surface area contributed by atoms with Gasteiger partial charge in [-0.25, -0.2) is 14.1 Å². The molecule has 0 spiro atoms. The second-order valence-electron chi connectivity index (χ2n) is 7.51. The predicted molar refractivity (Wildman–Crippen MR) is 117 cm³/mol. The molecule has 1 aromatic carbocycles. The summed E-state index contributed by atoms with van der Waals surface area (Å²) in [5.74, 6) is -0.430. The maximum Gasteiger partial charge on any atom is 0.274 e. The average molecular weight is 445 g/mol. The van der Waals surface area contributed by atoms with E-state index in [0.717, 1.165) is 0 Å². The lowest BCUT2D eigenvalue weighted by Crippen LogP contribution is -2.50. The fraction of sp³-hybridized carbons (Fsp3) is 0.174. The minimum atomic E-state index is -0.441. The topological polar surface area (TPSA) is 89.2 Å². The van der Waals surface area contributed by atoms with Gasteiger partial charge >= 0.3 is 0 Å². The first kappa shape index (κ1) is 20.6. The largest absolute Gasteiger partial charge is 0.335 e. The molecule has 4 heterocycles. The quantitative estimate of drug-likeness (QED) is 0.481. The molecule has 1 aliphatic rings. The van der Waals surface area contributed by atoms with Crippen LogP contribution >= 0.6 is 0 Å². The van der Waals surface area contributed by atoms with Gasteiger partial charge in [-0.15, -0.1) is 0 Å². The van der Waals surface area contributed by atoms with Crippen LogP contribution in [0.3, 0.4) is 0 Å². The van der Waals surface area contributed by atoms with Crippen molar-refractivity contribution in [2.75, 3.05) is 26.2 Å². The van der Waals surface area contributed by atoms with Crippen LogP contribution in [0.4, 0.5) is 4.39 Å². The summed E-state index contributed by atoms with van der Waals surface area (Å²) in [4.78, 5) is 37.4. The van der Waals surface area contributed by atoms with Crippen LogP contribution in [0.5, 0.6) is 0 Å². The third-order valence-electron chi connectivity index (χ3n) is 5.54. The highest BCUT2D eigenvalue weighted by Crippen LogP contribution is 2.23. The molecule has 0 unspecified atom stereocenters. The van der Waals surface area contributed by atoms with Gasteiger partial charge in [0.25, 0.3) is 11.8 Å². The Hall–Kier alpha value is -4.34. The van der Waals surface area contributed by atoms with E-state index in [-0.39, 0.29) is 23.2 Å². The average Bonchev–Trinajstić information content (AvgIpc) is 3.54. The minimum absolute atomic E-state index is 0.212. The van der Waals surface area contributed by atoms with Crippen molar-refractivity contribution in [3.05, 3.63) is 90.7 Å². The zero-order valence-corrected chi connectivity index (χ0v) is 17.6. The number of hydrogen-bond acceptors (Lipinski definition) is 5. The number of carbonyl (C=O) groups excluding carboxylic acids is 2. The maximum absolute atomic E-state index is 14.5. The highest BCUT2D eigenvalue weighted by Gasteiger charge is 2.29. The minimum Gasteiger partial charge on any atom is -0.335 e. The van der Waals surface area contributed by atoms with E-state index in [1.807, 2.05) is 12.1 Å². The summed E-state index contributed by atoms with van der Waals surface area (Å²) in [6.45, 7) is 1.48. The van der Waals surface area contributed by atoms with E-state index in [4.69, 9.17) is 0 Å². The summed E-state index contributed by atoms with van der Waals surface area (Å²) in [7, 11) is 0. The number of hydrogen-bond donors (Lipinski definition) is 0. The molecule has 166 valence electrons. The summed E-state index contributed by atoms with van der Waals surface area (Å²) in [5, 5.41) is 4.33. The van der Waals surface area contributed by atoms with Crippen LogP contribution in [0.15, 0.2) is 73.6 Å². The number of piperazine rings is 1. The van der Waals surface area contributed by atoms with Crippen LogP contribution < -0.4 is 0 Å². The van der Waals surface area contributed by atoms with Crippen LogP contribution in [0.25, 0.3) is 11.5 Å². The van der Waals surface area contributed by atoms with Crippen molar-refractivity contribution >= 4 is 11.8 Å². The first-order valence-corrected chi connectivity index (χ1v) is 10.4. The molecule has 4 aromatic rings. The van der Waals surface area contributed by atoms with Crippen molar-refractivity contribution in [2.45, 2.75) is 0 Å². The Bertz CT molecular complexity index is 1280. The lowest BCUT2D eigenvalue weighted by atomic mass is 10.2. The van der Waals surface area contributed by atoms with Gasteiger partial charge in [-0.05, 0) is 24.3 Å². The Labute approximate surface area is 188 Å². The SMILES string of the molecule is O=C(c1cnccn1)N1CCN(C(=O)c2cnn(-c3ccccc3F)c2-n2cccc2)CC1. The molecule has 0 aliphatic carbocycles. The van der Waals surface area contributed by atoms with Crippen molar-refractivity contribution in [3.63, 3.8) is 0 Å². The third kappa shape index (κ3) is 3.86. The molecule has 0 atom stereocenters. The van der Waals surface area contributed by atoms with E-state index in [1.54, 1.807) is 45.0 Å². The van der Waals surface area contributed by atoms with Gasteiger partial charge in [0.1, 0.15) is 22.8 Å². The van der Waals surface area contributed by atoms with Gasteiger partial charge in [0.2, 0.25) is 0 Å². The number of halogens is 1. The van der Waals surface area contributed by atoms with Crippen LogP contribution in [-0.4, -0.2) is 72.1 Å². The fourth-order valence-electron chi connectivity index (χ4n) is 3.87. The monoisotopic (exact) mass is 445 g/mol. The van der Waals surface area contributed by atoms with Crippen LogP contribution in [0.1, 0.15) is 20.8 Å². The summed E-state index contributed by atoms with van der Waals surface area (Å²) in [6.07, 6.45) is 9.44. The molecule has 1 aliphatic heterocycles. The van der Waals surface area contributed by atoms with Crippen LogP contribution in [-0.2, 0) is 0 Å². The molecule has 33 heavy (non-hydrogen) atoms. The molecule has 9 nitrogen and oxygen atoms in total. The van der Waals surface area contributed by atoms with Crippen molar-refractivity contribution in [3.8, 4) is 11.5 Å². The Morgan fingerprint density at radius 1 is 0.848 bits per heavy atom. The standard InChI is InChI=1S/C23H20FN7O2/c24-18-5-1-2-6-20(18)31-21(28-9-3-4-10-28)17(15-27-31)22(32)29-11-13-30(14-12-29)23(33)19-16-25-7-8-26-19/h1-10,15-16H,11-14H2. The molecule has 1 fully saturated rings. The van der Waals surface area contributed by atoms with Gasteiger partial charge in [0, 0.05) is 51.0 Å². The Morgan fingerprint density at radius 2 is 1.55 bits per heavy atom. The van der Waals surface area contributed by atoms with Gasteiger partial charge < -0.3 is 14.4 Å². The molecule has 2 amide bonds. The van der Waals surface area contributed by atoms with Gasteiger partial charge in [-0.2, -0.15) is 5.10 Å². The zero-order valence-electron chi connectivity index (χ0n) is 17.6. The molecule has 0 saturated carbocycles. The van der Waals surface area contributed by atoms with Crippen molar-refractivity contribution in [1.82, 2.24) is 34.1 Å². The second kappa shape index (κ2) is 8.65. The highest BCUT2D eigenvalue weighted by molar-refractivity contribution is 5.98. The maximum atomic E-state index is 14.5. The first-order chi connectivity index (χ1) is 16.1. The Kier molecular flexibility index (Phi) is 5.39. The van der Waals surface area contributed by atoms with Crippen LogP contribution in [0.2, 0.25) is 0 Å². The molecular weight excluding hydrogens is 425 g/mol. The lowest BCUT2D eigenvalue weighted by molar-refractivity contribution is 0.0532. The molecule has 0 N–H and O–H groups in total. The number of nitrogens with zero attached hydrogens (tertiary/aromatic N) is 7. The van der Waals surface area contributed by atoms with E-state index in [2.05, 4.69) is 15.1 Å². The van der Waals surface area contributed by atoms with Gasteiger partial charge in [0.15, 0.2) is 5.82 Å². The van der Waals surface area contributed by atoms with Gasteiger partial charge in [0.05, 0.1) is 12.4 Å². The van der Waals surface area contributed by atoms with E-state index in [1.165, 1.54) is 35.5 Å². The van der Waals surface area contributed by atoms with E-state index in [9.17, 15) is 14.0 Å². The summed E-state index contributed by atoms with van der Waals surface area (Å²) in [6, 6.07) is 9.93. The number of amides is 2. The smallest absolute Gasteiger partial charge is 0.274 e. The predicted octanol–water partition coefficient (Wildman–Crippen LogP) is 2.19. The van der Waals surface area contributed by atoms with Crippen LogP contribution in [0, 0.1) is 5.82 Å². The molecule has 1 saturated heterocycles. The van der Waals surface area contributed by atoms with E-state index >= 15 is 0 Å². The third-order valence-corrected chi connectivity index (χ3v) is 5.54. The Morgan fingerprint density at radius 3 is 2.21 bits per heavy atom. The molecule has 0 bridgehead atoms. The number of aromatic nitrogens is 5. The zero-order chi connectivity index (χ0) is 22.8. The first-order valence-electron chi connectivity index (χ1n) is 10.4. The number of benzene rings is 1. The van der Waals surface area contributed by atoms with E-state index in [0.29, 0.717) is 37.6 Å². The second-order valence-corrected chi connectivity index (χ2v) is 7.51. The number of carbonyl (C=O) groups is 2. The molecule has 5 rings (SSSR count). The fourth-order valence-corrected chi connectivity index (χ4v) is 3.87. The Balaban J connectivity index is 1.40. The normalized spacial score (nSPS) is 13.8. The van der Waals surface area contributed by atoms with Crippen molar-refractivity contribution in [2.24, 2.45) is 0 Å². The lowest BCUT2D eigenvalue weighted by Gasteiger charge is -2.34. The summed E-state index contributed by atoms with van der Waals surface area (Å²) < 4.78 is 17.7. The summed E-state index contributed by atoms with van der Waals surface area (Å²) >= 11 is 0. The van der Waals surface area contributed by atoms with Gasteiger partial charge in [-0.3, -0.25) is 14.6 Å². The molecular formula is C23H20FN7O2. The molecule has 0 radical (unpaired) electrons. The number of rotatable bonds is 4. The molecule has 3 aromatic heterocycles. The van der Waals surface area contributed by atoms with Gasteiger partial charge in [-0.1, -0.05) is 12.1 Å². The summed E-state index contributed by atoms with van der Waals surface area (Å²) in [5.41, 5.74) is 0.876. The molecule has 10 heteroatoms. The highest BCUT2D eigenvalue weighted by atomic mass is 19.1.